The van der Waals surface area contributed by atoms with Gasteiger partial charge in [0.1, 0.15) is 18.2 Å². The number of rotatable bonds is 4. The number of nitrogen functional groups attached to an aromatic ring is 1. The highest BCUT2D eigenvalue weighted by Crippen LogP contribution is 2.16. The minimum atomic E-state index is 0. The molecule has 0 spiro atoms. The third kappa shape index (κ3) is 4.47. The van der Waals surface area contributed by atoms with Crippen LogP contribution < -0.4 is 10.5 Å². The van der Waals surface area contributed by atoms with E-state index < -0.39 is 0 Å². The van der Waals surface area contributed by atoms with Crippen molar-refractivity contribution in [3.63, 3.8) is 0 Å². The molecule has 0 unspecified atom stereocenters. The Morgan fingerprint density at radius 3 is 2.58 bits per heavy atom. The van der Waals surface area contributed by atoms with E-state index in [0.717, 1.165) is 5.56 Å². The molecule has 0 saturated carbocycles. The van der Waals surface area contributed by atoms with E-state index in [1.165, 1.54) is 0 Å². The van der Waals surface area contributed by atoms with E-state index in [4.69, 9.17) is 27.5 Å². The van der Waals surface area contributed by atoms with Crippen molar-refractivity contribution in [2.75, 3.05) is 0 Å². The van der Waals surface area contributed by atoms with Crippen molar-refractivity contribution >= 4 is 29.8 Å². The summed E-state index contributed by atoms with van der Waals surface area (Å²) in [5.41, 5.74) is 7.07. The molecule has 0 heterocycles. The summed E-state index contributed by atoms with van der Waals surface area (Å²) < 4.78 is 5.63. The molecule has 0 amide bonds. The first-order valence-electron chi connectivity index (χ1n) is 5.47. The van der Waals surface area contributed by atoms with E-state index >= 15 is 0 Å². The average Bonchev–Trinajstić information content (AvgIpc) is 2.37. The van der Waals surface area contributed by atoms with Crippen LogP contribution in [0.25, 0.3) is 0 Å². The minimum absolute atomic E-state index is 0. The van der Waals surface area contributed by atoms with Gasteiger partial charge in [0.25, 0.3) is 0 Å². The van der Waals surface area contributed by atoms with Crippen molar-refractivity contribution in [3.05, 3.63) is 64.7 Å². The maximum Gasteiger partial charge on any atom is 0.122 e. The molecule has 100 valence electrons. The predicted molar refractivity (Wildman–Crippen MR) is 80.5 cm³/mol. The number of halogens is 2. The van der Waals surface area contributed by atoms with Crippen molar-refractivity contribution in [2.24, 2.45) is 5.73 Å². The predicted octanol–water partition coefficient (Wildman–Crippen LogP) is 3.62. The fourth-order valence-corrected chi connectivity index (χ4v) is 1.76. The summed E-state index contributed by atoms with van der Waals surface area (Å²) in [7, 11) is 0. The first-order valence-corrected chi connectivity index (χ1v) is 5.84. The Hall–Kier alpha value is -1.71. The van der Waals surface area contributed by atoms with Crippen LogP contribution in [0.5, 0.6) is 5.75 Å². The Morgan fingerprint density at radius 2 is 1.89 bits per heavy atom. The molecule has 0 aromatic heterocycles. The van der Waals surface area contributed by atoms with Gasteiger partial charge in [0.15, 0.2) is 0 Å². The molecule has 3 N–H and O–H groups in total. The number of nitrogens with two attached hydrogens (primary N) is 1. The number of hydrogen-bond donors (Lipinski definition) is 2. The molecule has 2 rings (SSSR count). The van der Waals surface area contributed by atoms with E-state index in [2.05, 4.69) is 0 Å². The molecular weight excluding hydrogens is 283 g/mol. The van der Waals surface area contributed by atoms with Crippen LogP contribution in [-0.2, 0) is 6.61 Å². The van der Waals surface area contributed by atoms with Crippen LogP contribution in [0.3, 0.4) is 0 Å². The Kier molecular flexibility index (Phi) is 5.67. The molecule has 19 heavy (non-hydrogen) atoms. The minimum Gasteiger partial charge on any atom is -0.489 e. The highest BCUT2D eigenvalue weighted by atomic mass is 35.5. The molecule has 0 atom stereocenters. The average molecular weight is 297 g/mol. The maximum absolute atomic E-state index is 7.36. The fraction of sp³-hybridized carbons (Fsp3) is 0.0714. The summed E-state index contributed by atoms with van der Waals surface area (Å²) in [4.78, 5) is 0. The van der Waals surface area contributed by atoms with Gasteiger partial charge < -0.3 is 10.5 Å². The maximum atomic E-state index is 7.36. The quantitative estimate of drug-likeness (QED) is 0.669. The summed E-state index contributed by atoms with van der Waals surface area (Å²) >= 11 is 5.89. The Bertz CT molecular complexity index is 573. The molecule has 5 heteroatoms. The molecule has 3 nitrogen and oxygen atoms in total. The van der Waals surface area contributed by atoms with E-state index in [1.807, 2.05) is 36.4 Å². The largest absolute Gasteiger partial charge is 0.489 e. The molecule has 0 radical (unpaired) electrons. The molecule has 0 saturated heterocycles. The van der Waals surface area contributed by atoms with Gasteiger partial charge in [-0.15, -0.1) is 12.4 Å². The fourth-order valence-electron chi connectivity index (χ4n) is 1.55. The van der Waals surface area contributed by atoms with Crippen LogP contribution in [0.4, 0.5) is 0 Å². The van der Waals surface area contributed by atoms with Crippen molar-refractivity contribution in [1.82, 2.24) is 0 Å². The van der Waals surface area contributed by atoms with Gasteiger partial charge in [-0.25, -0.2) is 0 Å². The van der Waals surface area contributed by atoms with Crippen molar-refractivity contribution in [3.8, 4) is 5.75 Å². The molecular formula is C14H14Cl2N2O. The standard InChI is InChI=1S/C14H13ClN2O.ClH/c15-12-5-1-3-10(7-12)9-18-13-6-2-4-11(8-13)14(16)17;/h1-8H,9H2,(H3,16,17);1H. The van der Waals surface area contributed by atoms with Crippen LogP contribution in [-0.4, -0.2) is 5.84 Å². The van der Waals surface area contributed by atoms with Gasteiger partial charge in [0, 0.05) is 10.6 Å². The molecule has 0 aliphatic rings. The number of ether oxygens (including phenoxy) is 1. The highest BCUT2D eigenvalue weighted by molar-refractivity contribution is 6.30. The van der Waals surface area contributed by atoms with E-state index in [-0.39, 0.29) is 18.2 Å². The first-order chi connectivity index (χ1) is 8.65. The topological polar surface area (TPSA) is 59.1 Å². The zero-order valence-corrected chi connectivity index (χ0v) is 11.7. The number of nitrogens with one attached hydrogen (secondary N) is 1. The third-order valence-corrected chi connectivity index (χ3v) is 2.67. The van der Waals surface area contributed by atoms with Gasteiger partial charge >= 0.3 is 0 Å². The summed E-state index contributed by atoms with van der Waals surface area (Å²) in [6, 6.07) is 14.7. The number of benzene rings is 2. The molecule has 2 aromatic rings. The zero-order chi connectivity index (χ0) is 13.0. The second-order valence-corrected chi connectivity index (χ2v) is 4.30. The molecule has 0 bridgehead atoms. The Morgan fingerprint density at radius 1 is 1.16 bits per heavy atom. The lowest BCUT2D eigenvalue weighted by Gasteiger charge is -2.07. The summed E-state index contributed by atoms with van der Waals surface area (Å²) in [5, 5.41) is 8.05. The van der Waals surface area contributed by atoms with Gasteiger partial charge in [-0.2, -0.15) is 0 Å². The normalized spacial score (nSPS) is 9.53. The first kappa shape index (κ1) is 15.3. The lowest BCUT2D eigenvalue weighted by molar-refractivity contribution is 0.306. The Balaban J connectivity index is 0.00000180. The van der Waals surface area contributed by atoms with Crippen LogP contribution in [0, 0.1) is 5.41 Å². The lowest BCUT2D eigenvalue weighted by Crippen LogP contribution is -2.10. The summed E-state index contributed by atoms with van der Waals surface area (Å²) in [5.74, 6) is 0.714. The van der Waals surface area contributed by atoms with Crippen molar-refractivity contribution < 1.29 is 4.74 Å². The van der Waals surface area contributed by atoms with Gasteiger partial charge in [0.2, 0.25) is 0 Å². The molecule has 0 aliphatic carbocycles. The smallest absolute Gasteiger partial charge is 0.122 e. The third-order valence-electron chi connectivity index (χ3n) is 2.44. The molecule has 2 aromatic carbocycles. The monoisotopic (exact) mass is 296 g/mol. The van der Waals surface area contributed by atoms with E-state index in [1.54, 1.807) is 12.1 Å². The second-order valence-electron chi connectivity index (χ2n) is 3.86. The van der Waals surface area contributed by atoms with Gasteiger partial charge in [-0.3, -0.25) is 5.41 Å². The lowest BCUT2D eigenvalue weighted by atomic mass is 10.2. The highest BCUT2D eigenvalue weighted by Gasteiger charge is 2.00. The summed E-state index contributed by atoms with van der Waals surface area (Å²) in [6.07, 6.45) is 0. The SMILES string of the molecule is Cl.N=C(N)c1cccc(OCc2cccc(Cl)c2)c1. The van der Waals surface area contributed by atoms with Crippen molar-refractivity contribution in [2.45, 2.75) is 6.61 Å². The van der Waals surface area contributed by atoms with Gasteiger partial charge in [-0.05, 0) is 29.8 Å². The summed E-state index contributed by atoms with van der Waals surface area (Å²) in [6.45, 7) is 0.432. The molecule has 0 fully saturated rings. The van der Waals surface area contributed by atoms with Gasteiger partial charge in [-0.1, -0.05) is 35.9 Å². The van der Waals surface area contributed by atoms with Crippen molar-refractivity contribution in [1.29, 1.82) is 5.41 Å². The second kappa shape index (κ2) is 7.02. The Labute approximate surface area is 123 Å². The van der Waals surface area contributed by atoms with Crippen LogP contribution in [0.15, 0.2) is 48.5 Å². The van der Waals surface area contributed by atoms with E-state index in [0.29, 0.717) is 22.9 Å². The van der Waals surface area contributed by atoms with Crippen LogP contribution >= 0.6 is 24.0 Å². The van der Waals surface area contributed by atoms with Gasteiger partial charge in [0.05, 0.1) is 0 Å². The zero-order valence-electron chi connectivity index (χ0n) is 10.1. The van der Waals surface area contributed by atoms with E-state index in [9.17, 15) is 0 Å². The van der Waals surface area contributed by atoms with Crippen LogP contribution in [0.1, 0.15) is 11.1 Å². The molecule has 0 aliphatic heterocycles. The number of hydrogen-bond acceptors (Lipinski definition) is 2. The number of amidine groups is 1. The van der Waals surface area contributed by atoms with Crippen LogP contribution in [0.2, 0.25) is 5.02 Å².